The standard InChI is InChI=1S/C28H32N6O4/c1-16-4-9-20(29-28(36)37)15-33(16)27(35)19-7-10-22-21(12-19)30-26(32(22)2)23-13-18-8-11-24(38-3)31-25(18)34(23)14-17-5-6-17/h7-8,10-13,16-17,20,29H,4-6,9,14-15H2,1-3H3,(H,36,37)/t16-,20+/m0/s1. The predicted molar refractivity (Wildman–Crippen MR) is 143 cm³/mol. The van der Waals surface area contributed by atoms with Crippen LogP contribution in [0.3, 0.4) is 0 Å². The van der Waals surface area contributed by atoms with Crippen molar-refractivity contribution in [3.8, 4) is 17.4 Å². The molecular weight excluding hydrogens is 484 g/mol. The molecule has 0 unspecified atom stereocenters. The fourth-order valence-corrected chi connectivity index (χ4v) is 5.56. The van der Waals surface area contributed by atoms with E-state index in [-0.39, 0.29) is 18.0 Å². The number of piperidine rings is 1. The number of likely N-dealkylation sites (tertiary alicyclic amines) is 1. The SMILES string of the molecule is COc1ccc2cc(-c3nc4cc(C(=O)N5C[C@H](NC(=O)O)CC[C@@H]5C)ccc4n3C)n(CC3CC3)c2n1. The van der Waals surface area contributed by atoms with Crippen LogP contribution in [-0.4, -0.2) is 66.8 Å². The number of pyridine rings is 1. The number of hydrogen-bond donors (Lipinski definition) is 2. The molecule has 4 aromatic rings. The number of benzene rings is 1. The van der Waals surface area contributed by atoms with E-state index in [1.165, 1.54) is 12.8 Å². The first kappa shape index (κ1) is 24.3. The third-order valence-corrected chi connectivity index (χ3v) is 7.89. The normalized spacial score (nSPS) is 19.7. The zero-order chi connectivity index (χ0) is 26.6. The molecule has 3 aromatic heterocycles. The number of carboxylic acid groups (broad SMARTS) is 1. The molecule has 1 aliphatic carbocycles. The summed E-state index contributed by atoms with van der Waals surface area (Å²) >= 11 is 0. The number of carbonyl (C=O) groups is 2. The molecule has 4 heterocycles. The fraction of sp³-hybridized carbons (Fsp3) is 0.429. The van der Waals surface area contributed by atoms with E-state index in [4.69, 9.17) is 19.8 Å². The van der Waals surface area contributed by atoms with Crippen LogP contribution in [0.4, 0.5) is 4.79 Å². The Morgan fingerprint density at radius 2 is 1.92 bits per heavy atom. The molecule has 10 nitrogen and oxygen atoms in total. The van der Waals surface area contributed by atoms with Crippen molar-refractivity contribution in [2.24, 2.45) is 13.0 Å². The molecule has 1 saturated carbocycles. The summed E-state index contributed by atoms with van der Waals surface area (Å²) in [5.74, 6) is 1.93. The zero-order valence-electron chi connectivity index (χ0n) is 21.8. The smallest absolute Gasteiger partial charge is 0.404 e. The molecule has 10 heteroatoms. The molecule has 2 aliphatic rings. The van der Waals surface area contributed by atoms with Gasteiger partial charge in [-0.25, -0.2) is 9.78 Å². The molecule has 0 bridgehead atoms. The van der Waals surface area contributed by atoms with Crippen LogP contribution in [0.15, 0.2) is 36.4 Å². The third kappa shape index (κ3) is 4.33. The minimum Gasteiger partial charge on any atom is -0.481 e. The Balaban J connectivity index is 1.37. The number of imidazole rings is 1. The van der Waals surface area contributed by atoms with Crippen LogP contribution in [0.25, 0.3) is 33.6 Å². The van der Waals surface area contributed by atoms with Gasteiger partial charge in [0.25, 0.3) is 5.91 Å². The van der Waals surface area contributed by atoms with Crippen molar-refractivity contribution in [3.63, 3.8) is 0 Å². The van der Waals surface area contributed by atoms with E-state index in [9.17, 15) is 9.59 Å². The Bertz CT molecular complexity index is 1550. The molecule has 2 fully saturated rings. The van der Waals surface area contributed by atoms with Crippen molar-refractivity contribution in [1.82, 2.24) is 29.3 Å². The van der Waals surface area contributed by atoms with Gasteiger partial charge < -0.3 is 29.2 Å². The quantitative estimate of drug-likeness (QED) is 0.396. The molecular formula is C28H32N6O4. The van der Waals surface area contributed by atoms with E-state index >= 15 is 0 Å². The molecule has 2 N–H and O–H groups in total. The van der Waals surface area contributed by atoms with Gasteiger partial charge in [0, 0.05) is 49.2 Å². The van der Waals surface area contributed by atoms with Crippen molar-refractivity contribution >= 4 is 34.1 Å². The second-order valence-electron chi connectivity index (χ2n) is 10.6. The molecule has 1 aliphatic heterocycles. The first-order valence-corrected chi connectivity index (χ1v) is 13.1. The van der Waals surface area contributed by atoms with Gasteiger partial charge in [-0.3, -0.25) is 4.79 Å². The van der Waals surface area contributed by atoms with E-state index in [1.54, 1.807) is 12.0 Å². The summed E-state index contributed by atoms with van der Waals surface area (Å²) in [4.78, 5) is 36.1. The van der Waals surface area contributed by atoms with Gasteiger partial charge in [-0.1, -0.05) is 0 Å². The largest absolute Gasteiger partial charge is 0.481 e. The predicted octanol–water partition coefficient (Wildman–Crippen LogP) is 4.27. The van der Waals surface area contributed by atoms with Crippen LogP contribution in [0, 0.1) is 5.92 Å². The lowest BCUT2D eigenvalue weighted by molar-refractivity contribution is 0.0590. The monoisotopic (exact) mass is 516 g/mol. The van der Waals surface area contributed by atoms with Gasteiger partial charge in [0.15, 0.2) is 5.82 Å². The lowest BCUT2D eigenvalue weighted by Gasteiger charge is -2.38. The number of carbonyl (C=O) groups excluding carboxylic acids is 1. The Morgan fingerprint density at radius 1 is 1.11 bits per heavy atom. The number of aryl methyl sites for hydroxylation is 1. The maximum atomic E-state index is 13.5. The van der Waals surface area contributed by atoms with Gasteiger partial charge in [0.1, 0.15) is 5.65 Å². The number of hydrogen-bond acceptors (Lipinski definition) is 5. The summed E-state index contributed by atoms with van der Waals surface area (Å²) in [5, 5.41) is 12.7. The minimum absolute atomic E-state index is 0.0342. The highest BCUT2D eigenvalue weighted by molar-refractivity contribution is 5.98. The molecule has 198 valence electrons. The van der Waals surface area contributed by atoms with Crippen molar-refractivity contribution in [2.75, 3.05) is 13.7 Å². The lowest BCUT2D eigenvalue weighted by Crippen LogP contribution is -2.52. The summed E-state index contributed by atoms with van der Waals surface area (Å²) in [6, 6.07) is 11.4. The number of amides is 2. The molecule has 1 aromatic carbocycles. The first-order chi connectivity index (χ1) is 18.3. The van der Waals surface area contributed by atoms with Gasteiger partial charge in [0.05, 0.1) is 23.8 Å². The van der Waals surface area contributed by atoms with Gasteiger partial charge >= 0.3 is 6.09 Å². The van der Waals surface area contributed by atoms with Crippen LogP contribution in [0.1, 0.15) is 43.0 Å². The summed E-state index contributed by atoms with van der Waals surface area (Å²) in [5.41, 5.74) is 4.11. The van der Waals surface area contributed by atoms with Gasteiger partial charge in [0.2, 0.25) is 5.88 Å². The Morgan fingerprint density at radius 3 is 2.66 bits per heavy atom. The maximum Gasteiger partial charge on any atom is 0.404 e. The molecule has 1 saturated heterocycles. The van der Waals surface area contributed by atoms with Crippen LogP contribution in [0.2, 0.25) is 0 Å². The Kier molecular flexibility index (Phi) is 5.97. The second-order valence-corrected chi connectivity index (χ2v) is 10.6. The molecule has 2 atom stereocenters. The summed E-state index contributed by atoms with van der Waals surface area (Å²) < 4.78 is 9.70. The Labute approximate surface area is 220 Å². The number of methoxy groups -OCH3 is 1. The summed E-state index contributed by atoms with van der Waals surface area (Å²) in [6.07, 6.45) is 2.84. The van der Waals surface area contributed by atoms with E-state index < -0.39 is 6.09 Å². The molecule has 0 radical (unpaired) electrons. The van der Waals surface area contributed by atoms with E-state index in [2.05, 4.69) is 20.5 Å². The highest BCUT2D eigenvalue weighted by Gasteiger charge is 2.31. The molecule has 2 amide bonds. The van der Waals surface area contributed by atoms with Crippen LogP contribution < -0.4 is 10.1 Å². The maximum absolute atomic E-state index is 13.5. The van der Waals surface area contributed by atoms with Gasteiger partial charge in [-0.05, 0) is 68.9 Å². The number of nitrogens with zero attached hydrogens (tertiary/aromatic N) is 5. The average Bonchev–Trinajstić information content (AvgIpc) is 3.58. The van der Waals surface area contributed by atoms with E-state index in [0.717, 1.165) is 53.0 Å². The molecule has 6 rings (SSSR count). The number of aromatic nitrogens is 4. The van der Waals surface area contributed by atoms with E-state index in [1.807, 2.05) is 44.3 Å². The fourth-order valence-electron chi connectivity index (χ4n) is 5.56. The lowest BCUT2D eigenvalue weighted by atomic mass is 9.98. The molecule has 0 spiro atoms. The summed E-state index contributed by atoms with van der Waals surface area (Å²) in [6.45, 7) is 3.24. The second kappa shape index (κ2) is 9.34. The minimum atomic E-state index is -1.06. The van der Waals surface area contributed by atoms with Crippen molar-refractivity contribution in [1.29, 1.82) is 0 Å². The topological polar surface area (TPSA) is 115 Å². The zero-order valence-corrected chi connectivity index (χ0v) is 21.8. The number of nitrogens with one attached hydrogen (secondary N) is 1. The van der Waals surface area contributed by atoms with Crippen molar-refractivity contribution in [2.45, 2.75) is 51.2 Å². The average molecular weight is 517 g/mol. The highest BCUT2D eigenvalue weighted by Crippen LogP contribution is 2.36. The van der Waals surface area contributed by atoms with Crippen LogP contribution >= 0.6 is 0 Å². The highest BCUT2D eigenvalue weighted by atomic mass is 16.5. The van der Waals surface area contributed by atoms with Crippen molar-refractivity contribution < 1.29 is 19.4 Å². The molecule has 38 heavy (non-hydrogen) atoms. The van der Waals surface area contributed by atoms with Crippen LogP contribution in [0.5, 0.6) is 5.88 Å². The van der Waals surface area contributed by atoms with Crippen molar-refractivity contribution in [3.05, 3.63) is 42.0 Å². The third-order valence-electron chi connectivity index (χ3n) is 7.89. The van der Waals surface area contributed by atoms with Gasteiger partial charge in [-0.15, -0.1) is 0 Å². The number of fused-ring (bicyclic) bond motifs is 2. The Hall–Kier alpha value is -4.08. The number of rotatable bonds is 6. The van der Waals surface area contributed by atoms with Crippen LogP contribution in [-0.2, 0) is 13.6 Å². The first-order valence-electron chi connectivity index (χ1n) is 13.1. The number of ether oxygens (including phenoxy) is 1. The summed E-state index contributed by atoms with van der Waals surface area (Å²) in [7, 11) is 3.62. The van der Waals surface area contributed by atoms with Gasteiger partial charge in [-0.2, -0.15) is 4.98 Å². The van der Waals surface area contributed by atoms with E-state index in [0.29, 0.717) is 23.9 Å².